The van der Waals surface area contributed by atoms with E-state index in [0.29, 0.717) is 18.0 Å². The molecule has 3 rings (SSSR count). The van der Waals surface area contributed by atoms with Crippen LogP contribution in [0.5, 0.6) is 17.2 Å². The molecule has 2 aromatic carbocycles. The van der Waals surface area contributed by atoms with E-state index >= 15 is 0 Å². The monoisotopic (exact) mass is 425 g/mol. The number of esters is 1. The molecule has 1 fully saturated rings. The van der Waals surface area contributed by atoms with Crippen LogP contribution < -0.4 is 14.8 Å². The third-order valence-corrected chi connectivity index (χ3v) is 5.30. The van der Waals surface area contributed by atoms with Crippen molar-refractivity contribution >= 4 is 11.9 Å². The quantitative estimate of drug-likeness (QED) is 0.413. The van der Waals surface area contributed by atoms with Gasteiger partial charge in [0.15, 0.2) is 17.5 Å². The Morgan fingerprint density at radius 3 is 2.35 bits per heavy atom. The van der Waals surface area contributed by atoms with E-state index in [1.54, 1.807) is 7.11 Å². The van der Waals surface area contributed by atoms with Gasteiger partial charge >= 0.3 is 5.97 Å². The molecule has 0 aromatic heterocycles. The van der Waals surface area contributed by atoms with Crippen molar-refractivity contribution in [3.8, 4) is 17.2 Å². The molecule has 1 aliphatic heterocycles. The molecule has 2 aromatic rings. The highest BCUT2D eigenvalue weighted by atomic mass is 16.5. The number of para-hydroxylation sites is 2. The Balaban J connectivity index is 1.60. The predicted octanol–water partition coefficient (Wildman–Crippen LogP) is 3.84. The van der Waals surface area contributed by atoms with Gasteiger partial charge in [-0.1, -0.05) is 24.3 Å². The zero-order valence-corrected chi connectivity index (χ0v) is 18.5. The van der Waals surface area contributed by atoms with Crippen molar-refractivity contribution in [1.82, 2.24) is 10.2 Å². The van der Waals surface area contributed by atoms with Crippen molar-refractivity contribution in [2.75, 3.05) is 33.9 Å². The lowest BCUT2D eigenvalue weighted by molar-refractivity contribution is -0.146. The number of guanidine groups is 1. The zero-order chi connectivity index (χ0) is 22.1. The highest BCUT2D eigenvalue weighted by molar-refractivity contribution is 5.80. The molecule has 0 saturated carbocycles. The van der Waals surface area contributed by atoms with Crippen molar-refractivity contribution in [1.29, 1.82) is 0 Å². The minimum absolute atomic E-state index is 0.0140. The van der Waals surface area contributed by atoms with Crippen LogP contribution in [0.4, 0.5) is 0 Å². The van der Waals surface area contributed by atoms with Gasteiger partial charge in [-0.25, -0.2) is 4.99 Å². The van der Waals surface area contributed by atoms with E-state index in [4.69, 9.17) is 19.2 Å². The minimum atomic E-state index is -0.114. The lowest BCUT2D eigenvalue weighted by atomic mass is 9.97. The van der Waals surface area contributed by atoms with Gasteiger partial charge in [-0.2, -0.15) is 0 Å². The third-order valence-electron chi connectivity index (χ3n) is 5.30. The van der Waals surface area contributed by atoms with Gasteiger partial charge in [0.2, 0.25) is 0 Å². The van der Waals surface area contributed by atoms with E-state index in [-0.39, 0.29) is 11.9 Å². The Bertz CT molecular complexity index is 875. The van der Waals surface area contributed by atoms with Crippen LogP contribution in [0.3, 0.4) is 0 Å². The van der Waals surface area contributed by atoms with Crippen LogP contribution in [0.15, 0.2) is 53.5 Å². The largest absolute Gasteiger partial charge is 0.493 e. The van der Waals surface area contributed by atoms with E-state index in [2.05, 4.69) is 17.1 Å². The maximum atomic E-state index is 11.8. The molecule has 0 amide bonds. The summed E-state index contributed by atoms with van der Waals surface area (Å²) in [4.78, 5) is 18.8. The standard InChI is InChI=1S/C24H31N3O4/c1-4-25-24(27-15-13-19(14-16-27)23(28)30-3)26-17-18-9-11-20(12-10-18)31-22-8-6-5-7-21(22)29-2/h5-12,19H,4,13-17H2,1-3H3,(H,25,26). The first-order chi connectivity index (χ1) is 15.1. The van der Waals surface area contributed by atoms with Crippen LogP contribution in [-0.4, -0.2) is 50.7 Å². The number of nitrogens with one attached hydrogen (secondary N) is 1. The van der Waals surface area contributed by atoms with Gasteiger partial charge < -0.3 is 24.4 Å². The van der Waals surface area contributed by atoms with E-state index in [0.717, 1.165) is 49.7 Å². The van der Waals surface area contributed by atoms with Gasteiger partial charge in [0.1, 0.15) is 5.75 Å². The fraction of sp³-hybridized carbons (Fsp3) is 0.417. The summed E-state index contributed by atoms with van der Waals surface area (Å²) in [5.41, 5.74) is 1.09. The van der Waals surface area contributed by atoms with Crippen molar-refractivity contribution in [3.05, 3.63) is 54.1 Å². The number of aliphatic imine (C=N–C) groups is 1. The summed E-state index contributed by atoms with van der Waals surface area (Å²) in [7, 11) is 3.08. The molecule has 31 heavy (non-hydrogen) atoms. The zero-order valence-electron chi connectivity index (χ0n) is 18.5. The number of carbonyl (C=O) groups is 1. The maximum absolute atomic E-state index is 11.8. The average molecular weight is 426 g/mol. The second kappa shape index (κ2) is 11.2. The van der Waals surface area contributed by atoms with E-state index in [1.807, 2.05) is 48.5 Å². The molecular weight excluding hydrogens is 394 g/mol. The van der Waals surface area contributed by atoms with Crippen LogP contribution in [0.1, 0.15) is 25.3 Å². The van der Waals surface area contributed by atoms with Crippen LogP contribution >= 0.6 is 0 Å². The SMILES string of the molecule is CCNC(=NCc1ccc(Oc2ccccc2OC)cc1)N1CCC(C(=O)OC)CC1. The summed E-state index contributed by atoms with van der Waals surface area (Å²) in [6.07, 6.45) is 1.57. The molecular formula is C24H31N3O4. The number of hydrogen-bond donors (Lipinski definition) is 1. The van der Waals surface area contributed by atoms with Crippen LogP contribution in [0, 0.1) is 5.92 Å². The Labute approximate surface area is 184 Å². The smallest absolute Gasteiger partial charge is 0.308 e. The molecule has 1 aliphatic rings. The number of likely N-dealkylation sites (tertiary alicyclic amines) is 1. The number of methoxy groups -OCH3 is 2. The fourth-order valence-corrected chi connectivity index (χ4v) is 3.58. The normalized spacial score (nSPS) is 14.8. The Morgan fingerprint density at radius 2 is 1.74 bits per heavy atom. The van der Waals surface area contributed by atoms with Crippen LogP contribution in [0.2, 0.25) is 0 Å². The number of carbonyl (C=O) groups excluding carboxylic acids is 1. The summed E-state index contributed by atoms with van der Waals surface area (Å²) < 4.78 is 16.1. The van der Waals surface area contributed by atoms with Crippen molar-refractivity contribution in [2.45, 2.75) is 26.3 Å². The lowest BCUT2D eigenvalue weighted by Crippen LogP contribution is -2.46. The highest BCUT2D eigenvalue weighted by Crippen LogP contribution is 2.31. The third kappa shape index (κ3) is 6.13. The van der Waals surface area contributed by atoms with E-state index in [1.165, 1.54) is 7.11 Å². The van der Waals surface area contributed by atoms with Crippen molar-refractivity contribution in [2.24, 2.45) is 10.9 Å². The molecule has 1 saturated heterocycles. The van der Waals surface area contributed by atoms with E-state index < -0.39 is 0 Å². The number of piperidine rings is 1. The first-order valence-corrected chi connectivity index (χ1v) is 10.7. The molecule has 0 aliphatic carbocycles. The van der Waals surface area contributed by atoms with Gasteiger partial charge in [-0.15, -0.1) is 0 Å². The first kappa shape index (κ1) is 22.5. The van der Waals surface area contributed by atoms with Gasteiger partial charge in [-0.05, 0) is 49.6 Å². The van der Waals surface area contributed by atoms with Crippen LogP contribution in [0.25, 0.3) is 0 Å². The van der Waals surface area contributed by atoms with Gasteiger partial charge in [0.25, 0.3) is 0 Å². The summed E-state index contributed by atoms with van der Waals surface area (Å²) in [5.74, 6) is 2.87. The molecule has 1 heterocycles. The molecule has 7 nitrogen and oxygen atoms in total. The number of hydrogen-bond acceptors (Lipinski definition) is 5. The molecule has 1 N–H and O–H groups in total. The van der Waals surface area contributed by atoms with Gasteiger partial charge in [-0.3, -0.25) is 4.79 Å². The van der Waals surface area contributed by atoms with E-state index in [9.17, 15) is 4.79 Å². The predicted molar refractivity (Wildman–Crippen MR) is 121 cm³/mol. The number of rotatable bonds is 7. The van der Waals surface area contributed by atoms with Crippen molar-refractivity contribution in [3.63, 3.8) is 0 Å². The number of ether oxygens (including phenoxy) is 3. The molecule has 0 radical (unpaired) electrons. The second-order valence-corrected chi connectivity index (χ2v) is 7.35. The summed E-state index contributed by atoms with van der Waals surface area (Å²) in [6.45, 7) is 4.99. The summed E-state index contributed by atoms with van der Waals surface area (Å²) >= 11 is 0. The Morgan fingerprint density at radius 1 is 1.06 bits per heavy atom. The number of nitrogens with zero attached hydrogens (tertiary/aromatic N) is 2. The van der Waals surface area contributed by atoms with Crippen LogP contribution in [-0.2, 0) is 16.1 Å². The summed E-state index contributed by atoms with van der Waals surface area (Å²) in [6, 6.07) is 15.5. The lowest BCUT2D eigenvalue weighted by Gasteiger charge is -2.33. The molecule has 0 spiro atoms. The average Bonchev–Trinajstić information content (AvgIpc) is 2.82. The maximum Gasteiger partial charge on any atom is 0.308 e. The Kier molecular flexibility index (Phi) is 8.15. The second-order valence-electron chi connectivity index (χ2n) is 7.35. The number of benzene rings is 2. The topological polar surface area (TPSA) is 72.4 Å². The fourth-order valence-electron chi connectivity index (χ4n) is 3.58. The highest BCUT2D eigenvalue weighted by Gasteiger charge is 2.26. The van der Waals surface area contributed by atoms with Gasteiger partial charge in [0.05, 0.1) is 26.7 Å². The molecule has 166 valence electrons. The molecule has 0 bridgehead atoms. The minimum Gasteiger partial charge on any atom is -0.493 e. The summed E-state index contributed by atoms with van der Waals surface area (Å²) in [5, 5.41) is 3.36. The molecule has 0 unspecified atom stereocenters. The molecule has 7 heteroatoms. The first-order valence-electron chi connectivity index (χ1n) is 10.7. The Hall–Kier alpha value is -3.22. The molecule has 0 atom stereocenters. The van der Waals surface area contributed by atoms with Crippen molar-refractivity contribution < 1.29 is 19.0 Å². The van der Waals surface area contributed by atoms with Gasteiger partial charge in [0, 0.05) is 19.6 Å².